The fourth-order valence-electron chi connectivity index (χ4n) is 1.23. The Morgan fingerprint density at radius 3 is 2.89 bits per heavy atom. The maximum atomic E-state index is 10.5. The highest BCUT2D eigenvalue weighted by Crippen LogP contribution is 2.26. The summed E-state index contributed by atoms with van der Waals surface area (Å²) in [4.78, 5) is 15.9. The zero-order valence-corrected chi connectivity index (χ0v) is 12.3. The number of rotatable bonds is 7. The van der Waals surface area contributed by atoms with E-state index in [4.69, 9.17) is 9.84 Å². The van der Waals surface area contributed by atoms with E-state index in [1.165, 1.54) is 11.3 Å². The average molecular weight is 287 g/mol. The fourth-order valence-corrected chi connectivity index (χ4v) is 2.98. The van der Waals surface area contributed by atoms with Crippen molar-refractivity contribution >= 4 is 35.1 Å². The third-order valence-corrected chi connectivity index (χ3v) is 4.32. The molecule has 1 rings (SSSR count). The van der Waals surface area contributed by atoms with E-state index in [2.05, 4.69) is 18.8 Å². The number of hydrogen-bond acceptors (Lipinski definition) is 5. The Balaban J connectivity index is 2.82. The first-order chi connectivity index (χ1) is 8.52. The van der Waals surface area contributed by atoms with Crippen LogP contribution in [0.5, 0.6) is 0 Å². The molecule has 0 spiro atoms. The summed E-state index contributed by atoms with van der Waals surface area (Å²) in [6.45, 7) is 4.68. The number of thiazole rings is 1. The molecule has 0 atom stereocenters. The van der Waals surface area contributed by atoms with E-state index < -0.39 is 5.97 Å². The maximum absolute atomic E-state index is 10.5. The van der Waals surface area contributed by atoms with Crippen molar-refractivity contribution in [3.8, 4) is 0 Å². The number of aliphatic carboxylic acids is 1. The van der Waals surface area contributed by atoms with Crippen LogP contribution in [0, 0.1) is 0 Å². The second kappa shape index (κ2) is 7.56. The number of carboxylic acids is 1. The van der Waals surface area contributed by atoms with Gasteiger partial charge in [-0.05, 0) is 11.3 Å². The summed E-state index contributed by atoms with van der Waals surface area (Å²) in [6, 6.07) is 0. The Kier molecular flexibility index (Phi) is 6.38. The van der Waals surface area contributed by atoms with Gasteiger partial charge in [0.1, 0.15) is 5.01 Å². The molecule has 4 nitrogen and oxygen atoms in total. The molecule has 1 N–H and O–H groups in total. The Hall–Kier alpha value is -0.850. The van der Waals surface area contributed by atoms with Crippen molar-refractivity contribution in [2.75, 3.05) is 7.11 Å². The van der Waals surface area contributed by atoms with E-state index in [1.54, 1.807) is 13.2 Å². The summed E-state index contributed by atoms with van der Waals surface area (Å²) in [7, 11) is 1.60. The van der Waals surface area contributed by atoms with E-state index in [9.17, 15) is 4.79 Å². The lowest BCUT2D eigenvalue weighted by Gasteiger charge is -2.00. The maximum Gasteiger partial charge on any atom is 0.328 e. The van der Waals surface area contributed by atoms with Gasteiger partial charge >= 0.3 is 5.97 Å². The molecule has 0 saturated heterocycles. The first-order valence-electron chi connectivity index (χ1n) is 5.53. The van der Waals surface area contributed by atoms with Crippen LogP contribution in [0.2, 0.25) is 0 Å². The van der Waals surface area contributed by atoms with Crippen LogP contribution < -0.4 is 0 Å². The number of thioether (sulfide) groups is 1. The molecule has 0 aliphatic heterocycles. The summed E-state index contributed by atoms with van der Waals surface area (Å²) in [5.41, 5.74) is 0.805. The van der Waals surface area contributed by atoms with Gasteiger partial charge in [0.15, 0.2) is 0 Å². The number of ether oxygens (including phenoxy) is 1. The van der Waals surface area contributed by atoms with Gasteiger partial charge in [-0.3, -0.25) is 0 Å². The van der Waals surface area contributed by atoms with Crippen molar-refractivity contribution in [2.24, 2.45) is 0 Å². The van der Waals surface area contributed by atoms with Crippen molar-refractivity contribution in [2.45, 2.75) is 31.5 Å². The number of methoxy groups -OCH3 is 1. The normalized spacial score (nSPS) is 11.6. The molecule has 1 aromatic heterocycles. The molecule has 1 heterocycles. The number of nitrogens with zero attached hydrogens (tertiary/aromatic N) is 1. The minimum Gasteiger partial charge on any atom is -0.478 e. The Bertz CT molecular complexity index is 427. The van der Waals surface area contributed by atoms with Crippen molar-refractivity contribution in [1.29, 1.82) is 0 Å². The van der Waals surface area contributed by atoms with Crippen molar-refractivity contribution < 1.29 is 14.6 Å². The van der Waals surface area contributed by atoms with E-state index in [1.807, 2.05) is 11.8 Å². The Morgan fingerprint density at radius 2 is 2.33 bits per heavy atom. The topological polar surface area (TPSA) is 59.4 Å². The van der Waals surface area contributed by atoms with E-state index in [-0.39, 0.29) is 0 Å². The van der Waals surface area contributed by atoms with Crippen molar-refractivity contribution in [3.05, 3.63) is 21.7 Å². The number of carbonyl (C=O) groups is 1. The minimum absolute atomic E-state index is 0.405. The van der Waals surface area contributed by atoms with E-state index >= 15 is 0 Å². The number of carboxylic acid groups (broad SMARTS) is 1. The Labute approximate surface area is 115 Å². The van der Waals surface area contributed by atoms with Crippen LogP contribution in [0.1, 0.15) is 29.4 Å². The van der Waals surface area contributed by atoms with Crippen LogP contribution in [0.3, 0.4) is 0 Å². The molecule has 18 heavy (non-hydrogen) atoms. The van der Waals surface area contributed by atoms with Gasteiger partial charge in [-0.2, -0.15) is 11.8 Å². The van der Waals surface area contributed by atoms with Gasteiger partial charge in [-0.1, -0.05) is 13.8 Å². The van der Waals surface area contributed by atoms with Crippen LogP contribution in [0.4, 0.5) is 0 Å². The smallest absolute Gasteiger partial charge is 0.328 e. The van der Waals surface area contributed by atoms with Crippen LogP contribution in [-0.2, 0) is 21.9 Å². The molecule has 100 valence electrons. The first kappa shape index (κ1) is 15.2. The summed E-state index contributed by atoms with van der Waals surface area (Å²) in [5.74, 6) is -0.107. The summed E-state index contributed by atoms with van der Waals surface area (Å²) in [6.07, 6.45) is 2.71. The molecular weight excluding hydrogens is 270 g/mol. The molecule has 0 unspecified atom stereocenters. The standard InChI is InChI=1S/C12H17NO3S2/c1-8(2)17-7-11-13-9(6-16-3)10(18-11)4-5-12(14)15/h4-5,8H,6-7H2,1-3H3,(H,14,15)/b5-4+. The zero-order valence-electron chi connectivity index (χ0n) is 10.7. The lowest BCUT2D eigenvalue weighted by molar-refractivity contribution is -0.131. The lowest BCUT2D eigenvalue weighted by atomic mass is 10.3. The molecule has 0 bridgehead atoms. The van der Waals surface area contributed by atoms with Gasteiger partial charge < -0.3 is 9.84 Å². The molecule has 0 amide bonds. The molecule has 0 aromatic carbocycles. The monoisotopic (exact) mass is 287 g/mol. The van der Waals surface area contributed by atoms with E-state index in [0.29, 0.717) is 11.9 Å². The minimum atomic E-state index is -0.954. The molecule has 6 heteroatoms. The molecule has 0 aliphatic carbocycles. The molecule has 0 radical (unpaired) electrons. The predicted octanol–water partition coefficient (Wildman–Crippen LogP) is 3.03. The van der Waals surface area contributed by atoms with Crippen LogP contribution in [0.25, 0.3) is 6.08 Å². The zero-order chi connectivity index (χ0) is 13.5. The SMILES string of the molecule is COCc1nc(CSC(C)C)sc1/C=C/C(=O)O. The van der Waals surface area contributed by atoms with Gasteiger partial charge in [0.25, 0.3) is 0 Å². The lowest BCUT2D eigenvalue weighted by Crippen LogP contribution is -1.92. The third kappa shape index (κ3) is 5.20. The highest BCUT2D eigenvalue weighted by atomic mass is 32.2. The highest BCUT2D eigenvalue weighted by molar-refractivity contribution is 7.99. The fraction of sp³-hybridized carbons (Fsp3) is 0.500. The molecule has 1 aromatic rings. The van der Waals surface area contributed by atoms with Crippen molar-refractivity contribution in [1.82, 2.24) is 4.98 Å². The predicted molar refractivity (Wildman–Crippen MR) is 75.9 cm³/mol. The molecule has 0 fully saturated rings. The second-order valence-electron chi connectivity index (χ2n) is 3.88. The highest BCUT2D eigenvalue weighted by Gasteiger charge is 2.10. The van der Waals surface area contributed by atoms with Crippen molar-refractivity contribution in [3.63, 3.8) is 0 Å². The van der Waals surface area contributed by atoms with Gasteiger partial charge in [0.05, 0.1) is 17.2 Å². The van der Waals surface area contributed by atoms with Gasteiger partial charge in [-0.25, -0.2) is 9.78 Å². The second-order valence-corrected chi connectivity index (χ2v) is 6.56. The van der Waals surface area contributed by atoms with Gasteiger partial charge in [0.2, 0.25) is 0 Å². The summed E-state index contributed by atoms with van der Waals surface area (Å²) in [5, 5.41) is 10.2. The van der Waals surface area contributed by atoms with Gasteiger partial charge in [0, 0.05) is 18.9 Å². The number of aromatic nitrogens is 1. The molecule has 0 aliphatic rings. The largest absolute Gasteiger partial charge is 0.478 e. The van der Waals surface area contributed by atoms with Gasteiger partial charge in [-0.15, -0.1) is 11.3 Å². The summed E-state index contributed by atoms with van der Waals surface area (Å²) < 4.78 is 5.07. The Morgan fingerprint density at radius 1 is 1.61 bits per heavy atom. The number of hydrogen-bond donors (Lipinski definition) is 1. The molecular formula is C12H17NO3S2. The first-order valence-corrected chi connectivity index (χ1v) is 7.39. The average Bonchev–Trinajstić information content (AvgIpc) is 2.67. The molecule has 0 saturated carbocycles. The summed E-state index contributed by atoms with van der Waals surface area (Å²) >= 11 is 3.34. The van der Waals surface area contributed by atoms with Crippen LogP contribution >= 0.6 is 23.1 Å². The van der Waals surface area contributed by atoms with E-state index in [0.717, 1.165) is 27.4 Å². The third-order valence-electron chi connectivity index (χ3n) is 1.97. The van der Waals surface area contributed by atoms with Crippen LogP contribution in [0.15, 0.2) is 6.08 Å². The quantitative estimate of drug-likeness (QED) is 0.781. The van der Waals surface area contributed by atoms with Crippen LogP contribution in [-0.4, -0.2) is 28.4 Å².